The first-order chi connectivity index (χ1) is 15.1. The van der Waals surface area contributed by atoms with Crippen molar-refractivity contribution in [2.75, 3.05) is 11.9 Å². The van der Waals surface area contributed by atoms with Crippen LogP contribution in [0.5, 0.6) is 5.75 Å². The standard InChI is InChI=1S/C24H29ClN4O2/c1-2-3-14-27-24(30)28-21-9-12-22(13-10-21)31-23(17-29-16-15-26-18-29)11-6-19-4-7-20(25)8-5-19/h4-5,7-10,12-13,15-16,18,23H,2-3,6,11,14,17H2,1H3,(H2,27,28,30). The quantitative estimate of drug-likeness (QED) is 0.385. The largest absolute Gasteiger partial charge is 0.489 e. The zero-order valence-electron chi connectivity index (χ0n) is 17.8. The molecule has 164 valence electrons. The zero-order chi connectivity index (χ0) is 21.9. The molecular weight excluding hydrogens is 412 g/mol. The van der Waals surface area contributed by atoms with Crippen molar-refractivity contribution in [1.29, 1.82) is 0 Å². The van der Waals surface area contributed by atoms with Gasteiger partial charge in [-0.25, -0.2) is 9.78 Å². The number of ether oxygens (including phenoxy) is 1. The molecule has 1 aromatic heterocycles. The van der Waals surface area contributed by atoms with Crippen LogP contribution in [0, 0.1) is 0 Å². The Kier molecular flexibility index (Phi) is 8.79. The van der Waals surface area contributed by atoms with Crippen molar-refractivity contribution in [1.82, 2.24) is 14.9 Å². The summed E-state index contributed by atoms with van der Waals surface area (Å²) < 4.78 is 8.29. The molecule has 31 heavy (non-hydrogen) atoms. The fraction of sp³-hybridized carbons (Fsp3) is 0.333. The summed E-state index contributed by atoms with van der Waals surface area (Å²) in [4.78, 5) is 16.0. The number of rotatable bonds is 11. The van der Waals surface area contributed by atoms with Gasteiger partial charge in [-0.15, -0.1) is 0 Å². The van der Waals surface area contributed by atoms with E-state index in [4.69, 9.17) is 16.3 Å². The van der Waals surface area contributed by atoms with Crippen molar-refractivity contribution in [3.05, 3.63) is 77.8 Å². The summed E-state index contributed by atoms with van der Waals surface area (Å²) in [5, 5.41) is 6.42. The summed E-state index contributed by atoms with van der Waals surface area (Å²) >= 11 is 5.99. The maximum atomic E-state index is 11.9. The summed E-state index contributed by atoms with van der Waals surface area (Å²) in [6.07, 6.45) is 9.21. The molecule has 1 unspecified atom stereocenters. The Morgan fingerprint density at radius 1 is 1.16 bits per heavy atom. The van der Waals surface area contributed by atoms with Gasteiger partial charge in [0.25, 0.3) is 0 Å². The highest BCUT2D eigenvalue weighted by Crippen LogP contribution is 2.20. The summed E-state index contributed by atoms with van der Waals surface area (Å²) in [7, 11) is 0. The van der Waals surface area contributed by atoms with Crippen LogP contribution in [0.3, 0.4) is 0 Å². The number of hydrogen-bond acceptors (Lipinski definition) is 3. The molecule has 0 fully saturated rings. The Hall–Kier alpha value is -2.99. The zero-order valence-corrected chi connectivity index (χ0v) is 18.5. The Labute approximate surface area is 188 Å². The maximum Gasteiger partial charge on any atom is 0.319 e. The molecule has 2 aromatic carbocycles. The number of urea groups is 1. The van der Waals surface area contributed by atoms with E-state index in [9.17, 15) is 4.79 Å². The topological polar surface area (TPSA) is 68.2 Å². The van der Waals surface area contributed by atoms with Crippen molar-refractivity contribution >= 4 is 23.3 Å². The van der Waals surface area contributed by atoms with E-state index in [0.29, 0.717) is 13.1 Å². The molecule has 3 rings (SSSR count). The predicted molar refractivity (Wildman–Crippen MR) is 125 cm³/mol. The van der Waals surface area contributed by atoms with E-state index in [1.54, 1.807) is 12.5 Å². The Bertz CT molecular complexity index is 912. The van der Waals surface area contributed by atoms with Crippen molar-refractivity contribution < 1.29 is 9.53 Å². The molecule has 3 aromatic rings. The third-order valence-electron chi connectivity index (χ3n) is 4.87. The second-order valence-corrected chi connectivity index (χ2v) is 7.86. The van der Waals surface area contributed by atoms with Crippen molar-refractivity contribution in [2.24, 2.45) is 0 Å². The lowest BCUT2D eigenvalue weighted by Crippen LogP contribution is -2.29. The average Bonchev–Trinajstić information content (AvgIpc) is 3.28. The van der Waals surface area contributed by atoms with E-state index in [2.05, 4.69) is 22.5 Å². The predicted octanol–water partition coefficient (Wildman–Crippen LogP) is 5.54. The highest BCUT2D eigenvalue weighted by molar-refractivity contribution is 6.30. The third-order valence-corrected chi connectivity index (χ3v) is 5.12. The number of aromatic nitrogens is 2. The van der Waals surface area contributed by atoms with E-state index in [1.807, 2.05) is 59.3 Å². The molecule has 0 saturated carbocycles. The van der Waals surface area contributed by atoms with Crippen LogP contribution >= 0.6 is 11.6 Å². The van der Waals surface area contributed by atoms with E-state index in [-0.39, 0.29) is 12.1 Å². The molecular formula is C24H29ClN4O2. The van der Waals surface area contributed by atoms with Gasteiger partial charge in [0.2, 0.25) is 0 Å². The van der Waals surface area contributed by atoms with Gasteiger partial charge >= 0.3 is 6.03 Å². The fourth-order valence-electron chi connectivity index (χ4n) is 3.16. The first-order valence-electron chi connectivity index (χ1n) is 10.6. The molecule has 2 N–H and O–H groups in total. The van der Waals surface area contributed by atoms with E-state index in [1.165, 1.54) is 5.56 Å². The van der Waals surface area contributed by atoms with Gasteiger partial charge < -0.3 is 19.9 Å². The average molecular weight is 441 g/mol. The maximum absolute atomic E-state index is 11.9. The van der Waals surface area contributed by atoms with Crippen molar-refractivity contribution in [3.63, 3.8) is 0 Å². The lowest BCUT2D eigenvalue weighted by Gasteiger charge is -2.20. The highest BCUT2D eigenvalue weighted by atomic mass is 35.5. The smallest absolute Gasteiger partial charge is 0.319 e. The van der Waals surface area contributed by atoms with Gasteiger partial charge in [0, 0.05) is 29.6 Å². The van der Waals surface area contributed by atoms with Crippen LogP contribution in [0.2, 0.25) is 5.02 Å². The number of carbonyl (C=O) groups excluding carboxylic acids is 1. The van der Waals surface area contributed by atoms with Gasteiger partial charge in [0.1, 0.15) is 11.9 Å². The number of imidazole rings is 1. The molecule has 1 atom stereocenters. The van der Waals surface area contributed by atoms with Crippen LogP contribution in [-0.2, 0) is 13.0 Å². The number of aryl methyl sites for hydroxylation is 1. The minimum absolute atomic E-state index is 0.0268. The number of nitrogens with one attached hydrogen (secondary N) is 2. The summed E-state index contributed by atoms with van der Waals surface area (Å²) in [5.74, 6) is 0.762. The molecule has 7 heteroatoms. The molecule has 0 spiro atoms. The van der Waals surface area contributed by atoms with Crippen LogP contribution in [0.25, 0.3) is 0 Å². The molecule has 0 aliphatic rings. The Morgan fingerprint density at radius 2 is 1.94 bits per heavy atom. The Morgan fingerprint density at radius 3 is 2.61 bits per heavy atom. The molecule has 0 aliphatic heterocycles. The SMILES string of the molecule is CCCCNC(=O)Nc1ccc(OC(CCc2ccc(Cl)cc2)Cn2ccnc2)cc1. The second kappa shape index (κ2) is 12.0. The Balaban J connectivity index is 1.57. The number of benzene rings is 2. The highest BCUT2D eigenvalue weighted by Gasteiger charge is 2.13. The fourth-order valence-corrected chi connectivity index (χ4v) is 3.29. The first kappa shape index (κ1) is 22.7. The number of amides is 2. The van der Waals surface area contributed by atoms with Gasteiger partial charge in [-0.05, 0) is 61.2 Å². The number of carbonyl (C=O) groups is 1. The molecule has 1 heterocycles. The van der Waals surface area contributed by atoms with Crippen molar-refractivity contribution in [2.45, 2.75) is 45.3 Å². The summed E-state index contributed by atoms with van der Waals surface area (Å²) in [6.45, 7) is 3.47. The van der Waals surface area contributed by atoms with Crippen LogP contribution < -0.4 is 15.4 Å². The molecule has 0 radical (unpaired) electrons. The number of halogens is 1. The lowest BCUT2D eigenvalue weighted by atomic mass is 10.1. The van der Waals surface area contributed by atoms with Crippen LogP contribution in [0.4, 0.5) is 10.5 Å². The normalized spacial score (nSPS) is 11.7. The van der Waals surface area contributed by atoms with Crippen LogP contribution in [0.15, 0.2) is 67.3 Å². The molecule has 0 saturated heterocycles. The van der Waals surface area contributed by atoms with E-state index in [0.717, 1.165) is 42.1 Å². The monoisotopic (exact) mass is 440 g/mol. The summed E-state index contributed by atoms with van der Waals surface area (Å²) in [5.41, 5.74) is 1.95. The summed E-state index contributed by atoms with van der Waals surface area (Å²) in [6, 6.07) is 15.2. The van der Waals surface area contributed by atoms with E-state index >= 15 is 0 Å². The molecule has 6 nitrogen and oxygen atoms in total. The van der Waals surface area contributed by atoms with E-state index < -0.39 is 0 Å². The second-order valence-electron chi connectivity index (χ2n) is 7.42. The van der Waals surface area contributed by atoms with Gasteiger partial charge in [-0.2, -0.15) is 0 Å². The van der Waals surface area contributed by atoms with Gasteiger partial charge in [-0.3, -0.25) is 0 Å². The number of hydrogen-bond donors (Lipinski definition) is 2. The molecule has 0 aliphatic carbocycles. The first-order valence-corrected chi connectivity index (χ1v) is 11.0. The third kappa shape index (κ3) is 7.98. The van der Waals surface area contributed by atoms with Gasteiger partial charge in [-0.1, -0.05) is 37.1 Å². The van der Waals surface area contributed by atoms with Crippen LogP contribution in [-0.4, -0.2) is 28.2 Å². The van der Waals surface area contributed by atoms with Gasteiger partial charge in [0.15, 0.2) is 0 Å². The number of anilines is 1. The van der Waals surface area contributed by atoms with Crippen LogP contribution in [0.1, 0.15) is 31.7 Å². The number of nitrogens with zero attached hydrogens (tertiary/aromatic N) is 2. The minimum Gasteiger partial charge on any atom is -0.489 e. The molecule has 2 amide bonds. The molecule has 0 bridgehead atoms. The minimum atomic E-state index is -0.192. The van der Waals surface area contributed by atoms with Gasteiger partial charge in [0.05, 0.1) is 12.9 Å². The lowest BCUT2D eigenvalue weighted by molar-refractivity contribution is 0.170. The number of unbranched alkanes of at least 4 members (excludes halogenated alkanes) is 1. The van der Waals surface area contributed by atoms with Crippen molar-refractivity contribution in [3.8, 4) is 5.75 Å².